The van der Waals surface area contributed by atoms with Gasteiger partial charge in [-0.05, 0) is 30.9 Å². The van der Waals surface area contributed by atoms with E-state index in [0.717, 1.165) is 19.3 Å². The van der Waals surface area contributed by atoms with Gasteiger partial charge in [-0.2, -0.15) is 0 Å². The molecule has 0 bridgehead atoms. The summed E-state index contributed by atoms with van der Waals surface area (Å²) in [5, 5.41) is 0. The van der Waals surface area contributed by atoms with Gasteiger partial charge < -0.3 is 9.47 Å². The number of unbranched alkanes of at least 4 members (excludes halogenated alkanes) is 12. The van der Waals surface area contributed by atoms with Gasteiger partial charge in [-0.3, -0.25) is 0 Å². The second kappa shape index (κ2) is 18.6. The van der Waals surface area contributed by atoms with E-state index in [2.05, 4.69) is 25.8 Å². The Hall–Kier alpha value is -1.91. The highest BCUT2D eigenvalue weighted by atomic mass is 16.5. The Morgan fingerprint density at radius 2 is 1.16 bits per heavy atom. The van der Waals surface area contributed by atoms with Crippen molar-refractivity contribution in [1.82, 2.24) is 4.98 Å². The molecule has 5 nitrogen and oxygen atoms in total. The maximum Gasteiger partial charge on any atom is 0.356 e. The van der Waals surface area contributed by atoms with E-state index < -0.39 is 11.9 Å². The van der Waals surface area contributed by atoms with E-state index in [1.54, 1.807) is 18.2 Å². The summed E-state index contributed by atoms with van der Waals surface area (Å²) in [6.07, 6.45) is 17.4. The Morgan fingerprint density at radius 3 is 1.62 bits per heavy atom. The molecule has 0 radical (unpaired) electrons. The fourth-order valence-electron chi connectivity index (χ4n) is 3.48. The van der Waals surface area contributed by atoms with Crippen LogP contribution in [0.2, 0.25) is 0 Å². The molecule has 1 aromatic heterocycles. The lowest BCUT2D eigenvalue weighted by atomic mass is 10.0. The highest BCUT2D eigenvalue weighted by Gasteiger charge is 2.14. The first-order valence-corrected chi connectivity index (χ1v) is 12.9. The molecular weight excluding hydrogens is 402 g/mol. The third kappa shape index (κ3) is 14.2. The standard InChI is InChI=1S/C27H45NO4/c1-4-5-6-7-8-9-10-11-12-13-14-15-16-21-31-26(29)24-18-17-19-25(28-24)27(30)32-22-20-23(2)3/h17-19,23H,4-16,20-22H2,1-3H3. The van der Waals surface area contributed by atoms with Crippen molar-refractivity contribution in [2.45, 2.75) is 111 Å². The topological polar surface area (TPSA) is 65.5 Å². The maximum atomic E-state index is 12.2. The van der Waals surface area contributed by atoms with E-state index in [9.17, 15) is 9.59 Å². The van der Waals surface area contributed by atoms with Crippen molar-refractivity contribution < 1.29 is 19.1 Å². The largest absolute Gasteiger partial charge is 0.461 e. The monoisotopic (exact) mass is 447 g/mol. The normalized spacial score (nSPS) is 11.0. The molecular formula is C27H45NO4. The lowest BCUT2D eigenvalue weighted by molar-refractivity contribution is 0.0476. The number of carbonyl (C=O) groups excluding carboxylic acids is 2. The summed E-state index contributed by atoms with van der Waals surface area (Å²) in [5.41, 5.74) is 0.294. The lowest BCUT2D eigenvalue weighted by Gasteiger charge is -2.08. The molecule has 0 N–H and O–H groups in total. The predicted octanol–water partition coefficient (Wildman–Crippen LogP) is 7.53. The second-order valence-corrected chi connectivity index (χ2v) is 9.11. The van der Waals surface area contributed by atoms with Gasteiger partial charge in [0, 0.05) is 0 Å². The van der Waals surface area contributed by atoms with E-state index >= 15 is 0 Å². The number of hydrogen-bond donors (Lipinski definition) is 0. The molecule has 182 valence electrons. The fraction of sp³-hybridized carbons (Fsp3) is 0.741. The minimum atomic E-state index is -0.503. The number of nitrogens with zero attached hydrogens (tertiary/aromatic N) is 1. The van der Waals surface area contributed by atoms with Crippen molar-refractivity contribution in [3.05, 3.63) is 29.6 Å². The zero-order valence-electron chi connectivity index (χ0n) is 20.7. The van der Waals surface area contributed by atoms with Crippen LogP contribution in [0.25, 0.3) is 0 Å². The quantitative estimate of drug-likeness (QED) is 0.162. The average Bonchev–Trinajstić information content (AvgIpc) is 2.79. The van der Waals surface area contributed by atoms with Gasteiger partial charge in [0.15, 0.2) is 0 Å². The number of esters is 2. The van der Waals surface area contributed by atoms with Gasteiger partial charge in [0.05, 0.1) is 13.2 Å². The third-order valence-corrected chi connectivity index (χ3v) is 5.58. The van der Waals surface area contributed by atoms with E-state index in [0.29, 0.717) is 19.1 Å². The van der Waals surface area contributed by atoms with Crippen molar-refractivity contribution in [2.24, 2.45) is 5.92 Å². The van der Waals surface area contributed by atoms with Crippen molar-refractivity contribution in [3.8, 4) is 0 Å². The molecule has 0 aliphatic rings. The molecule has 32 heavy (non-hydrogen) atoms. The number of ether oxygens (including phenoxy) is 2. The average molecular weight is 448 g/mol. The predicted molar refractivity (Wildman–Crippen MR) is 130 cm³/mol. The number of hydrogen-bond acceptors (Lipinski definition) is 5. The van der Waals surface area contributed by atoms with Crippen molar-refractivity contribution >= 4 is 11.9 Å². The summed E-state index contributed by atoms with van der Waals surface area (Å²) in [7, 11) is 0. The first kappa shape index (κ1) is 28.1. The van der Waals surface area contributed by atoms with Crippen LogP contribution in [0.3, 0.4) is 0 Å². The Bertz CT molecular complexity index is 630. The van der Waals surface area contributed by atoms with Crippen molar-refractivity contribution in [1.29, 1.82) is 0 Å². The highest BCUT2D eigenvalue weighted by molar-refractivity contribution is 5.91. The van der Waals surface area contributed by atoms with Gasteiger partial charge >= 0.3 is 11.9 Å². The molecule has 0 aliphatic heterocycles. The summed E-state index contributed by atoms with van der Waals surface area (Å²) in [6.45, 7) is 7.14. The second-order valence-electron chi connectivity index (χ2n) is 9.11. The molecule has 0 fully saturated rings. The van der Waals surface area contributed by atoms with Crippen LogP contribution in [-0.4, -0.2) is 30.1 Å². The van der Waals surface area contributed by atoms with Crippen LogP contribution in [0.4, 0.5) is 0 Å². The van der Waals surface area contributed by atoms with Crippen molar-refractivity contribution in [2.75, 3.05) is 13.2 Å². The molecule has 1 aromatic rings. The smallest absolute Gasteiger partial charge is 0.356 e. The SMILES string of the molecule is CCCCCCCCCCCCCCCOC(=O)c1cccc(C(=O)OCCC(C)C)n1. The van der Waals surface area contributed by atoms with Crippen LogP contribution >= 0.6 is 0 Å². The van der Waals surface area contributed by atoms with E-state index in [1.807, 2.05) is 0 Å². The third-order valence-electron chi connectivity index (χ3n) is 5.58. The molecule has 0 amide bonds. The lowest BCUT2D eigenvalue weighted by Crippen LogP contribution is -2.14. The summed E-state index contributed by atoms with van der Waals surface area (Å²) >= 11 is 0. The molecule has 0 aliphatic carbocycles. The fourth-order valence-corrected chi connectivity index (χ4v) is 3.48. The summed E-state index contributed by atoms with van der Waals surface area (Å²) in [5.74, 6) is -0.528. The Balaban J connectivity index is 2.08. The van der Waals surface area contributed by atoms with Crippen LogP contribution < -0.4 is 0 Å². The molecule has 0 atom stereocenters. The highest BCUT2D eigenvalue weighted by Crippen LogP contribution is 2.13. The number of aromatic nitrogens is 1. The van der Waals surface area contributed by atoms with Gasteiger partial charge in [0.2, 0.25) is 0 Å². The summed E-state index contributed by atoms with van der Waals surface area (Å²) in [4.78, 5) is 28.4. The van der Waals surface area contributed by atoms with Crippen LogP contribution in [0.5, 0.6) is 0 Å². The first-order valence-electron chi connectivity index (χ1n) is 12.9. The van der Waals surface area contributed by atoms with E-state index in [1.165, 1.54) is 70.6 Å². The number of carbonyl (C=O) groups is 2. The molecule has 0 unspecified atom stereocenters. The maximum absolute atomic E-state index is 12.2. The number of pyridine rings is 1. The summed E-state index contributed by atoms with van der Waals surface area (Å²) in [6, 6.07) is 4.76. The van der Waals surface area contributed by atoms with Gasteiger partial charge in [0.1, 0.15) is 11.4 Å². The molecule has 1 heterocycles. The van der Waals surface area contributed by atoms with Gasteiger partial charge in [-0.25, -0.2) is 14.6 Å². The Labute approximate surface area is 195 Å². The van der Waals surface area contributed by atoms with Crippen LogP contribution in [0.1, 0.15) is 132 Å². The van der Waals surface area contributed by atoms with Gasteiger partial charge in [-0.15, -0.1) is 0 Å². The van der Waals surface area contributed by atoms with Crippen LogP contribution in [-0.2, 0) is 9.47 Å². The minimum Gasteiger partial charge on any atom is -0.461 e. The van der Waals surface area contributed by atoms with Crippen LogP contribution in [0, 0.1) is 5.92 Å². The molecule has 0 aromatic carbocycles. The number of rotatable bonds is 19. The van der Waals surface area contributed by atoms with Gasteiger partial charge in [0.25, 0.3) is 0 Å². The minimum absolute atomic E-state index is 0.143. The van der Waals surface area contributed by atoms with Crippen molar-refractivity contribution in [3.63, 3.8) is 0 Å². The molecule has 5 heteroatoms. The molecule has 0 saturated carbocycles. The molecule has 0 saturated heterocycles. The molecule has 0 spiro atoms. The zero-order valence-corrected chi connectivity index (χ0v) is 20.7. The molecule has 1 rings (SSSR count). The zero-order chi connectivity index (χ0) is 23.4. The van der Waals surface area contributed by atoms with Crippen LogP contribution in [0.15, 0.2) is 18.2 Å². The summed E-state index contributed by atoms with van der Waals surface area (Å²) < 4.78 is 10.5. The Kier molecular flexibility index (Phi) is 16.4. The Morgan fingerprint density at radius 1 is 0.719 bits per heavy atom. The first-order chi connectivity index (χ1) is 15.5. The van der Waals surface area contributed by atoms with Gasteiger partial charge in [-0.1, -0.05) is 104 Å². The van der Waals surface area contributed by atoms with E-state index in [4.69, 9.17) is 9.47 Å². The van der Waals surface area contributed by atoms with E-state index in [-0.39, 0.29) is 11.4 Å².